The number of ether oxygens (including phenoxy) is 1. The van der Waals surface area contributed by atoms with Gasteiger partial charge in [0.15, 0.2) is 0 Å². The average Bonchev–Trinajstić information content (AvgIpc) is 2.24. The highest BCUT2D eigenvalue weighted by atomic mass is 16.5. The molecule has 80 valence electrons. The van der Waals surface area contributed by atoms with E-state index in [4.69, 9.17) is 5.73 Å². The Morgan fingerprint density at radius 3 is 3.00 bits per heavy atom. The minimum absolute atomic E-state index is 0.236. The van der Waals surface area contributed by atoms with Gasteiger partial charge in [-0.2, -0.15) is 0 Å². The zero-order valence-electron chi connectivity index (χ0n) is 8.51. The fraction of sp³-hybridized carbons (Fsp3) is 0.400. The van der Waals surface area contributed by atoms with Crippen LogP contribution in [0.5, 0.6) is 0 Å². The third-order valence-electron chi connectivity index (χ3n) is 2.41. The molecular weight excluding hydrogens is 194 g/mol. The predicted molar refractivity (Wildman–Crippen MR) is 55.8 cm³/mol. The quantitative estimate of drug-likeness (QED) is 0.692. The van der Waals surface area contributed by atoms with Crippen LogP contribution in [0.1, 0.15) is 10.5 Å². The Morgan fingerprint density at radius 2 is 2.40 bits per heavy atom. The molecule has 0 amide bonds. The normalized spacial score (nSPS) is 16.0. The summed E-state index contributed by atoms with van der Waals surface area (Å²) in [5.74, 6) is -0.415. The van der Waals surface area contributed by atoms with E-state index in [1.165, 1.54) is 7.11 Å². The average molecular weight is 207 g/mol. The maximum Gasteiger partial charge on any atom is 0.356 e. The van der Waals surface area contributed by atoms with Crippen molar-refractivity contribution in [1.82, 2.24) is 4.98 Å². The lowest BCUT2D eigenvalue weighted by Crippen LogP contribution is -2.55. The van der Waals surface area contributed by atoms with Gasteiger partial charge in [-0.05, 0) is 12.1 Å². The standard InChI is InChI=1S/C10H13N3O2/c1-15-10(14)9-4-8(2-3-12-9)13-5-7(11)6-13/h2-4,7H,5-6,11H2,1H3. The summed E-state index contributed by atoms with van der Waals surface area (Å²) in [5.41, 5.74) is 6.98. The molecule has 5 heteroatoms. The fourth-order valence-corrected chi connectivity index (χ4v) is 1.56. The molecule has 1 fully saturated rings. The van der Waals surface area contributed by atoms with Gasteiger partial charge in [0, 0.05) is 31.0 Å². The Kier molecular flexibility index (Phi) is 2.55. The Hall–Kier alpha value is -1.62. The molecule has 1 aromatic heterocycles. The van der Waals surface area contributed by atoms with Crippen molar-refractivity contribution in [3.8, 4) is 0 Å². The zero-order valence-corrected chi connectivity index (χ0v) is 8.51. The van der Waals surface area contributed by atoms with E-state index in [-0.39, 0.29) is 6.04 Å². The van der Waals surface area contributed by atoms with E-state index in [1.807, 2.05) is 6.07 Å². The molecule has 15 heavy (non-hydrogen) atoms. The second-order valence-electron chi connectivity index (χ2n) is 3.56. The molecule has 0 aliphatic carbocycles. The molecule has 1 aliphatic rings. The summed E-state index contributed by atoms with van der Waals surface area (Å²) in [6.07, 6.45) is 1.60. The lowest BCUT2D eigenvalue weighted by atomic mass is 10.1. The molecule has 0 unspecified atom stereocenters. The van der Waals surface area contributed by atoms with Gasteiger partial charge in [0.1, 0.15) is 5.69 Å². The molecule has 0 radical (unpaired) electrons. The molecular formula is C10H13N3O2. The first-order valence-corrected chi connectivity index (χ1v) is 4.75. The molecule has 5 nitrogen and oxygen atoms in total. The number of pyridine rings is 1. The van der Waals surface area contributed by atoms with Gasteiger partial charge in [0.2, 0.25) is 0 Å². The number of nitrogens with zero attached hydrogens (tertiary/aromatic N) is 2. The highest BCUT2D eigenvalue weighted by Crippen LogP contribution is 2.20. The molecule has 0 atom stereocenters. The van der Waals surface area contributed by atoms with Gasteiger partial charge < -0.3 is 15.4 Å². The Labute approximate surface area is 87.8 Å². The van der Waals surface area contributed by atoms with Crippen molar-refractivity contribution in [2.45, 2.75) is 6.04 Å². The van der Waals surface area contributed by atoms with E-state index in [1.54, 1.807) is 12.3 Å². The van der Waals surface area contributed by atoms with E-state index < -0.39 is 5.97 Å². The lowest BCUT2D eigenvalue weighted by molar-refractivity contribution is 0.0594. The number of nitrogens with two attached hydrogens (primary N) is 1. The van der Waals surface area contributed by atoms with Crippen LogP contribution in [-0.2, 0) is 4.74 Å². The monoisotopic (exact) mass is 207 g/mol. The third kappa shape index (κ3) is 1.92. The lowest BCUT2D eigenvalue weighted by Gasteiger charge is -2.38. The Bertz CT molecular complexity index is 375. The minimum atomic E-state index is -0.415. The number of hydrogen-bond acceptors (Lipinski definition) is 5. The predicted octanol–water partition coefficient (Wildman–Crippen LogP) is 0.0155. The van der Waals surface area contributed by atoms with Gasteiger partial charge in [-0.3, -0.25) is 0 Å². The van der Waals surface area contributed by atoms with Crippen molar-refractivity contribution in [2.24, 2.45) is 5.73 Å². The summed E-state index contributed by atoms with van der Waals surface area (Å²) in [6, 6.07) is 3.82. The van der Waals surface area contributed by atoms with Crippen molar-refractivity contribution >= 4 is 11.7 Å². The van der Waals surface area contributed by atoms with Gasteiger partial charge in [-0.1, -0.05) is 0 Å². The van der Waals surface area contributed by atoms with Gasteiger partial charge in [-0.15, -0.1) is 0 Å². The minimum Gasteiger partial charge on any atom is -0.464 e. The van der Waals surface area contributed by atoms with Crippen molar-refractivity contribution in [2.75, 3.05) is 25.1 Å². The summed E-state index contributed by atoms with van der Waals surface area (Å²) >= 11 is 0. The number of hydrogen-bond donors (Lipinski definition) is 1. The van der Waals surface area contributed by atoms with Crippen LogP contribution in [0.3, 0.4) is 0 Å². The zero-order chi connectivity index (χ0) is 10.8. The number of rotatable bonds is 2. The molecule has 2 rings (SSSR count). The van der Waals surface area contributed by atoms with Crippen LogP contribution in [0.2, 0.25) is 0 Å². The molecule has 2 heterocycles. The van der Waals surface area contributed by atoms with E-state index in [0.717, 1.165) is 18.8 Å². The summed E-state index contributed by atoms with van der Waals surface area (Å²) in [4.78, 5) is 17.3. The maximum atomic E-state index is 11.2. The van der Waals surface area contributed by atoms with E-state index in [0.29, 0.717) is 5.69 Å². The first-order valence-electron chi connectivity index (χ1n) is 4.75. The Balaban J connectivity index is 2.16. The third-order valence-corrected chi connectivity index (χ3v) is 2.41. The summed E-state index contributed by atoms with van der Waals surface area (Å²) in [7, 11) is 1.34. The molecule has 1 aromatic rings. The van der Waals surface area contributed by atoms with Crippen LogP contribution in [0.25, 0.3) is 0 Å². The van der Waals surface area contributed by atoms with Gasteiger partial charge in [0.05, 0.1) is 7.11 Å². The maximum absolute atomic E-state index is 11.2. The van der Waals surface area contributed by atoms with Crippen LogP contribution in [0.4, 0.5) is 5.69 Å². The van der Waals surface area contributed by atoms with Crippen LogP contribution in [0, 0.1) is 0 Å². The Morgan fingerprint density at radius 1 is 1.67 bits per heavy atom. The van der Waals surface area contributed by atoms with Gasteiger partial charge in [-0.25, -0.2) is 9.78 Å². The smallest absolute Gasteiger partial charge is 0.356 e. The van der Waals surface area contributed by atoms with E-state index in [9.17, 15) is 4.79 Å². The number of carbonyl (C=O) groups is 1. The molecule has 1 saturated heterocycles. The number of esters is 1. The second kappa shape index (κ2) is 3.86. The fourth-order valence-electron chi connectivity index (χ4n) is 1.56. The van der Waals surface area contributed by atoms with Crippen molar-refractivity contribution in [3.63, 3.8) is 0 Å². The first kappa shape index (κ1) is 9.92. The van der Waals surface area contributed by atoms with Crippen LogP contribution in [-0.4, -0.2) is 37.2 Å². The molecule has 0 spiro atoms. The molecule has 0 aromatic carbocycles. The highest BCUT2D eigenvalue weighted by Gasteiger charge is 2.23. The molecule has 2 N–H and O–H groups in total. The number of carbonyl (C=O) groups excluding carboxylic acids is 1. The van der Waals surface area contributed by atoms with Crippen molar-refractivity contribution in [1.29, 1.82) is 0 Å². The van der Waals surface area contributed by atoms with E-state index >= 15 is 0 Å². The van der Waals surface area contributed by atoms with Crippen molar-refractivity contribution < 1.29 is 9.53 Å². The van der Waals surface area contributed by atoms with Crippen molar-refractivity contribution in [3.05, 3.63) is 24.0 Å². The molecule has 0 saturated carbocycles. The SMILES string of the molecule is COC(=O)c1cc(N2CC(N)C2)ccn1. The summed E-state index contributed by atoms with van der Waals surface area (Å²) in [6.45, 7) is 1.65. The highest BCUT2D eigenvalue weighted by molar-refractivity contribution is 5.88. The molecule has 0 bridgehead atoms. The first-order chi connectivity index (χ1) is 7.20. The van der Waals surface area contributed by atoms with Gasteiger partial charge in [0.25, 0.3) is 0 Å². The second-order valence-corrected chi connectivity index (χ2v) is 3.56. The number of methoxy groups -OCH3 is 1. The van der Waals surface area contributed by atoms with Crippen LogP contribution < -0.4 is 10.6 Å². The topological polar surface area (TPSA) is 68.5 Å². The van der Waals surface area contributed by atoms with Crippen LogP contribution >= 0.6 is 0 Å². The largest absolute Gasteiger partial charge is 0.464 e. The number of anilines is 1. The summed E-state index contributed by atoms with van der Waals surface area (Å²) < 4.78 is 4.60. The van der Waals surface area contributed by atoms with Crippen LogP contribution in [0.15, 0.2) is 18.3 Å². The summed E-state index contributed by atoms with van der Waals surface area (Å²) in [5, 5.41) is 0. The van der Waals surface area contributed by atoms with E-state index in [2.05, 4.69) is 14.6 Å². The van der Waals surface area contributed by atoms with Gasteiger partial charge >= 0.3 is 5.97 Å². The molecule has 1 aliphatic heterocycles. The number of aromatic nitrogens is 1.